The minimum atomic E-state index is -0.545. The van der Waals surface area contributed by atoms with Gasteiger partial charge in [-0.2, -0.15) is 15.1 Å². The van der Waals surface area contributed by atoms with Crippen LogP contribution in [0.1, 0.15) is 12.2 Å². The molecule has 2 amide bonds. The van der Waals surface area contributed by atoms with Crippen LogP contribution in [-0.2, 0) is 14.3 Å². The number of furan rings is 1. The Hall–Kier alpha value is -3.02. The molecule has 0 atom stereocenters. The van der Waals surface area contributed by atoms with Crippen molar-refractivity contribution in [3.63, 3.8) is 0 Å². The Kier molecular flexibility index (Phi) is 6.00. The number of hydrogen-bond acceptors (Lipinski definition) is 7. The predicted octanol–water partition coefficient (Wildman–Crippen LogP) is 3.58. The SMILES string of the molecule is N=C1/C(=C/c2ccc(-c3ccc(Br)cc3)o2)C(=O)N=C2SC(CC(=O)N3CCOCC3)=NN12. The predicted molar refractivity (Wildman–Crippen MR) is 129 cm³/mol. The molecule has 0 spiro atoms. The van der Waals surface area contributed by atoms with Gasteiger partial charge in [0.25, 0.3) is 5.91 Å². The largest absolute Gasteiger partial charge is 0.457 e. The van der Waals surface area contributed by atoms with Crippen LogP contribution in [0.3, 0.4) is 0 Å². The maximum Gasteiger partial charge on any atom is 0.283 e. The highest BCUT2D eigenvalue weighted by molar-refractivity contribution is 9.10. The second-order valence-corrected chi connectivity index (χ2v) is 9.35. The lowest BCUT2D eigenvalue weighted by atomic mass is 10.1. The number of carbonyl (C=O) groups excluding carboxylic acids is 2. The van der Waals surface area contributed by atoms with Gasteiger partial charge in [0, 0.05) is 23.1 Å². The fourth-order valence-corrected chi connectivity index (χ4v) is 4.64. The van der Waals surface area contributed by atoms with Crippen molar-refractivity contribution >= 4 is 61.6 Å². The van der Waals surface area contributed by atoms with Crippen LogP contribution in [0.15, 0.2) is 61.0 Å². The average Bonchev–Trinajstić information content (AvgIpc) is 3.45. The zero-order valence-electron chi connectivity index (χ0n) is 17.3. The van der Waals surface area contributed by atoms with Gasteiger partial charge >= 0.3 is 0 Å². The summed E-state index contributed by atoms with van der Waals surface area (Å²) in [5.74, 6) is 0.365. The Morgan fingerprint density at radius 1 is 1.18 bits per heavy atom. The number of carbonyl (C=O) groups is 2. The lowest BCUT2D eigenvalue weighted by Crippen LogP contribution is -2.41. The molecule has 33 heavy (non-hydrogen) atoms. The third kappa shape index (κ3) is 4.56. The first kappa shape index (κ1) is 21.8. The molecule has 1 aromatic carbocycles. The molecule has 9 nitrogen and oxygen atoms in total. The van der Waals surface area contributed by atoms with Crippen molar-refractivity contribution < 1.29 is 18.7 Å². The van der Waals surface area contributed by atoms with Crippen LogP contribution >= 0.6 is 27.7 Å². The summed E-state index contributed by atoms with van der Waals surface area (Å²) in [6.07, 6.45) is 1.58. The highest BCUT2D eigenvalue weighted by Gasteiger charge is 2.36. The molecule has 1 fully saturated rings. The zero-order valence-corrected chi connectivity index (χ0v) is 19.7. The number of amidine groups is 2. The molecular formula is C22H18BrN5O4S. The normalized spacial score (nSPS) is 19.6. The van der Waals surface area contributed by atoms with E-state index in [1.165, 1.54) is 11.1 Å². The lowest BCUT2D eigenvalue weighted by molar-refractivity contribution is -0.133. The van der Waals surface area contributed by atoms with E-state index in [1.807, 2.05) is 24.3 Å². The second-order valence-electron chi connectivity index (χ2n) is 7.39. The molecule has 4 heterocycles. The Labute approximate surface area is 201 Å². The number of benzene rings is 1. The van der Waals surface area contributed by atoms with E-state index in [4.69, 9.17) is 14.6 Å². The van der Waals surface area contributed by atoms with Crippen LogP contribution < -0.4 is 0 Å². The topological polar surface area (TPSA) is 112 Å². The number of fused-ring (bicyclic) bond motifs is 1. The molecule has 3 aliphatic rings. The number of rotatable bonds is 4. The molecule has 3 aliphatic heterocycles. The lowest BCUT2D eigenvalue weighted by Gasteiger charge is -2.26. The molecule has 2 aromatic rings. The van der Waals surface area contributed by atoms with E-state index in [0.29, 0.717) is 42.9 Å². The highest BCUT2D eigenvalue weighted by Crippen LogP contribution is 2.31. The summed E-state index contributed by atoms with van der Waals surface area (Å²) < 4.78 is 12.1. The van der Waals surface area contributed by atoms with Crippen molar-refractivity contribution in [2.45, 2.75) is 6.42 Å². The fourth-order valence-electron chi connectivity index (χ4n) is 3.50. The van der Waals surface area contributed by atoms with Gasteiger partial charge in [0.1, 0.15) is 16.6 Å². The van der Waals surface area contributed by atoms with Crippen molar-refractivity contribution in [1.82, 2.24) is 9.91 Å². The summed E-state index contributed by atoms with van der Waals surface area (Å²) in [5.41, 5.74) is 0.962. The molecular weight excluding hydrogens is 510 g/mol. The second kappa shape index (κ2) is 9.08. The number of amides is 2. The summed E-state index contributed by atoms with van der Waals surface area (Å²) in [7, 11) is 0. The van der Waals surface area contributed by atoms with Crippen molar-refractivity contribution in [3.8, 4) is 11.3 Å². The summed E-state index contributed by atoms with van der Waals surface area (Å²) in [6, 6.07) is 11.2. The molecule has 0 aliphatic carbocycles. The zero-order chi connectivity index (χ0) is 22.9. The average molecular weight is 528 g/mol. The van der Waals surface area contributed by atoms with Crippen molar-refractivity contribution in [1.29, 1.82) is 5.41 Å². The van der Waals surface area contributed by atoms with Gasteiger partial charge in [-0.1, -0.05) is 28.1 Å². The number of nitrogens with one attached hydrogen (secondary N) is 1. The molecule has 1 aromatic heterocycles. The molecule has 1 N–H and O–H groups in total. The third-order valence-electron chi connectivity index (χ3n) is 5.20. The maximum atomic E-state index is 12.6. The number of morpholine rings is 1. The summed E-state index contributed by atoms with van der Waals surface area (Å²) in [5, 5.41) is 14.9. The Morgan fingerprint density at radius 2 is 1.94 bits per heavy atom. The molecule has 11 heteroatoms. The smallest absolute Gasteiger partial charge is 0.283 e. The Bertz CT molecular complexity index is 1230. The third-order valence-corrected chi connectivity index (χ3v) is 6.64. The van der Waals surface area contributed by atoms with Crippen molar-refractivity contribution in [2.24, 2.45) is 10.1 Å². The molecule has 0 unspecified atom stereocenters. The van der Waals surface area contributed by atoms with Crippen LogP contribution in [0.5, 0.6) is 0 Å². The van der Waals surface area contributed by atoms with Crippen LogP contribution in [-0.4, -0.2) is 64.1 Å². The monoisotopic (exact) mass is 527 g/mol. The molecule has 168 valence electrons. The first-order valence-corrected chi connectivity index (χ1v) is 11.8. The molecule has 5 rings (SSSR count). The highest BCUT2D eigenvalue weighted by atomic mass is 79.9. The number of halogens is 1. The number of hydrogen-bond donors (Lipinski definition) is 1. The van der Waals surface area contributed by atoms with E-state index in [-0.39, 0.29) is 28.9 Å². The minimum absolute atomic E-state index is 0.0605. The van der Waals surface area contributed by atoms with Gasteiger partial charge in [0.15, 0.2) is 5.84 Å². The molecule has 0 radical (unpaired) electrons. The molecule has 0 saturated carbocycles. The van der Waals surface area contributed by atoms with E-state index in [1.54, 1.807) is 17.0 Å². The minimum Gasteiger partial charge on any atom is -0.457 e. The van der Waals surface area contributed by atoms with Gasteiger partial charge in [0.05, 0.1) is 25.2 Å². The quantitative estimate of drug-likeness (QED) is 0.608. The summed E-state index contributed by atoms with van der Waals surface area (Å²) in [4.78, 5) is 30.9. The molecule has 0 bridgehead atoms. The van der Waals surface area contributed by atoms with Gasteiger partial charge in [-0.25, -0.2) is 0 Å². The van der Waals surface area contributed by atoms with E-state index < -0.39 is 5.91 Å². The van der Waals surface area contributed by atoms with Crippen molar-refractivity contribution in [3.05, 3.63) is 52.2 Å². The van der Waals surface area contributed by atoms with Crippen LogP contribution in [0.4, 0.5) is 0 Å². The number of aliphatic imine (C=N–C) groups is 1. The van der Waals surface area contributed by atoms with Gasteiger partial charge in [-0.15, -0.1) is 0 Å². The van der Waals surface area contributed by atoms with Gasteiger partial charge in [-0.3, -0.25) is 15.0 Å². The van der Waals surface area contributed by atoms with E-state index >= 15 is 0 Å². The summed E-state index contributed by atoms with van der Waals surface area (Å²) in [6.45, 7) is 2.14. The van der Waals surface area contributed by atoms with Crippen LogP contribution in [0.25, 0.3) is 17.4 Å². The molecule has 1 saturated heterocycles. The number of ether oxygens (including phenoxy) is 1. The van der Waals surface area contributed by atoms with E-state index in [2.05, 4.69) is 26.0 Å². The maximum absolute atomic E-state index is 12.6. The first-order valence-electron chi connectivity index (χ1n) is 10.2. The Morgan fingerprint density at radius 3 is 2.70 bits per heavy atom. The standard InChI is InChI=1S/C22H18BrN5O4S/c23-14-3-1-13(2-4-14)17-6-5-15(32-17)11-16-20(24)28-22(25-21(16)30)33-18(26-28)12-19(29)27-7-9-31-10-8-27/h1-6,11,24H,7-10,12H2/b16-11-,24-20?. The summed E-state index contributed by atoms with van der Waals surface area (Å²) >= 11 is 4.54. The number of nitrogens with zero attached hydrogens (tertiary/aromatic N) is 4. The number of thioether (sulfide) groups is 1. The fraction of sp³-hybridized carbons (Fsp3) is 0.227. The van der Waals surface area contributed by atoms with Crippen LogP contribution in [0, 0.1) is 5.41 Å². The first-order chi connectivity index (χ1) is 16.0. The van der Waals surface area contributed by atoms with E-state index in [0.717, 1.165) is 21.8 Å². The van der Waals surface area contributed by atoms with Gasteiger partial charge < -0.3 is 14.1 Å². The Balaban J connectivity index is 1.33. The van der Waals surface area contributed by atoms with Gasteiger partial charge in [-0.05, 0) is 42.1 Å². The van der Waals surface area contributed by atoms with Crippen LogP contribution in [0.2, 0.25) is 0 Å². The van der Waals surface area contributed by atoms with Crippen molar-refractivity contribution in [2.75, 3.05) is 26.3 Å². The number of hydrazone groups is 1. The van der Waals surface area contributed by atoms with E-state index in [9.17, 15) is 9.59 Å². The van der Waals surface area contributed by atoms with Gasteiger partial charge in [0.2, 0.25) is 11.1 Å².